The van der Waals surface area contributed by atoms with Gasteiger partial charge in [0, 0.05) is 6.54 Å². The van der Waals surface area contributed by atoms with Gasteiger partial charge in [0.25, 0.3) is 11.7 Å². The first-order valence-corrected chi connectivity index (χ1v) is 7.05. The Bertz CT molecular complexity index is 553. The van der Waals surface area contributed by atoms with Crippen molar-refractivity contribution in [2.75, 3.05) is 31.1 Å². The summed E-state index contributed by atoms with van der Waals surface area (Å²) >= 11 is 0. The molecule has 0 N–H and O–H groups in total. The molecule has 2 aliphatic heterocycles. The zero-order valence-electron chi connectivity index (χ0n) is 11.3. The van der Waals surface area contributed by atoms with E-state index < -0.39 is 17.5 Å². The van der Waals surface area contributed by atoms with Gasteiger partial charge in [0.05, 0.1) is 11.3 Å². The highest BCUT2D eigenvalue weighted by atomic mass is 19.1. The minimum absolute atomic E-state index is 0.156. The zero-order valence-corrected chi connectivity index (χ0v) is 11.3. The van der Waals surface area contributed by atoms with Crippen LogP contribution in [0.2, 0.25) is 0 Å². The number of benzene rings is 1. The van der Waals surface area contributed by atoms with Gasteiger partial charge in [-0.25, -0.2) is 4.39 Å². The number of Topliss-reactive ketones (excluding diaryl/α,β-unsaturated/α-hetero) is 1. The summed E-state index contributed by atoms with van der Waals surface area (Å²) in [6.45, 7) is 3.48. The Morgan fingerprint density at radius 1 is 1.10 bits per heavy atom. The number of para-hydroxylation sites is 1. The molecule has 3 rings (SSSR count). The van der Waals surface area contributed by atoms with Crippen molar-refractivity contribution in [2.24, 2.45) is 0 Å². The molecule has 1 aromatic carbocycles. The number of halogens is 1. The van der Waals surface area contributed by atoms with Gasteiger partial charge in [-0.1, -0.05) is 6.07 Å². The monoisotopic (exact) mass is 276 g/mol. The fourth-order valence-corrected chi connectivity index (χ4v) is 2.98. The molecule has 20 heavy (non-hydrogen) atoms. The van der Waals surface area contributed by atoms with Gasteiger partial charge in [-0.15, -0.1) is 0 Å². The molecule has 2 heterocycles. The molecule has 106 valence electrons. The number of hydrogen-bond donors (Lipinski definition) is 0. The Hall–Kier alpha value is -1.75. The van der Waals surface area contributed by atoms with E-state index in [9.17, 15) is 14.0 Å². The first-order chi connectivity index (χ1) is 9.68. The lowest BCUT2D eigenvalue weighted by molar-refractivity contribution is -0.114. The van der Waals surface area contributed by atoms with Crippen molar-refractivity contribution in [3.63, 3.8) is 0 Å². The van der Waals surface area contributed by atoms with Crippen molar-refractivity contribution in [1.82, 2.24) is 4.90 Å². The number of rotatable bonds is 4. The third kappa shape index (κ3) is 2.22. The molecular weight excluding hydrogens is 259 g/mol. The molecule has 0 aromatic heterocycles. The highest BCUT2D eigenvalue weighted by molar-refractivity contribution is 6.52. The minimum atomic E-state index is -0.605. The molecule has 1 aromatic rings. The van der Waals surface area contributed by atoms with Gasteiger partial charge < -0.3 is 9.80 Å². The topological polar surface area (TPSA) is 40.6 Å². The second-order valence-electron chi connectivity index (χ2n) is 5.32. The van der Waals surface area contributed by atoms with E-state index in [2.05, 4.69) is 4.90 Å². The van der Waals surface area contributed by atoms with Crippen molar-refractivity contribution in [2.45, 2.75) is 19.3 Å². The number of anilines is 1. The lowest BCUT2D eigenvalue weighted by atomic mass is 10.1. The van der Waals surface area contributed by atoms with Gasteiger partial charge in [0.1, 0.15) is 5.82 Å². The maximum Gasteiger partial charge on any atom is 0.299 e. The average Bonchev–Trinajstić information content (AvgIpc) is 3.03. The van der Waals surface area contributed by atoms with Crippen LogP contribution < -0.4 is 4.90 Å². The van der Waals surface area contributed by atoms with Gasteiger partial charge in [-0.3, -0.25) is 9.59 Å². The number of fused-ring (bicyclic) bond motifs is 1. The smallest absolute Gasteiger partial charge is 0.299 e. The molecule has 0 unspecified atom stereocenters. The molecule has 2 aliphatic rings. The quantitative estimate of drug-likeness (QED) is 0.788. The number of likely N-dealkylation sites (tertiary alicyclic amines) is 1. The summed E-state index contributed by atoms with van der Waals surface area (Å²) in [5.41, 5.74) is 0.347. The van der Waals surface area contributed by atoms with Crippen LogP contribution in [-0.4, -0.2) is 42.8 Å². The zero-order chi connectivity index (χ0) is 14.1. The minimum Gasteiger partial charge on any atom is -0.303 e. The molecule has 0 atom stereocenters. The van der Waals surface area contributed by atoms with Crippen molar-refractivity contribution in [3.05, 3.63) is 29.6 Å². The molecule has 1 fully saturated rings. The first kappa shape index (κ1) is 13.2. The van der Waals surface area contributed by atoms with Gasteiger partial charge in [-0.2, -0.15) is 0 Å². The Balaban J connectivity index is 1.70. The predicted molar refractivity (Wildman–Crippen MR) is 73.4 cm³/mol. The number of hydrogen-bond acceptors (Lipinski definition) is 3. The Kier molecular flexibility index (Phi) is 3.53. The Morgan fingerprint density at radius 2 is 1.85 bits per heavy atom. The summed E-state index contributed by atoms with van der Waals surface area (Å²) < 4.78 is 13.9. The number of carbonyl (C=O) groups excluding carboxylic acids is 2. The van der Waals surface area contributed by atoms with Crippen molar-refractivity contribution in [1.29, 1.82) is 0 Å². The van der Waals surface area contributed by atoms with Crippen LogP contribution >= 0.6 is 0 Å². The van der Waals surface area contributed by atoms with Crippen molar-refractivity contribution in [3.8, 4) is 0 Å². The number of amides is 1. The maximum atomic E-state index is 13.9. The second-order valence-corrected chi connectivity index (χ2v) is 5.32. The summed E-state index contributed by atoms with van der Waals surface area (Å²) in [4.78, 5) is 27.4. The molecule has 5 heteroatoms. The third-order valence-corrected chi connectivity index (χ3v) is 4.00. The van der Waals surface area contributed by atoms with Gasteiger partial charge in [0.2, 0.25) is 0 Å². The van der Waals surface area contributed by atoms with E-state index in [1.54, 1.807) is 0 Å². The van der Waals surface area contributed by atoms with Gasteiger partial charge >= 0.3 is 0 Å². The third-order valence-electron chi connectivity index (χ3n) is 4.00. The van der Waals surface area contributed by atoms with E-state index in [0.717, 1.165) is 26.1 Å². The van der Waals surface area contributed by atoms with E-state index in [0.29, 0.717) is 6.54 Å². The summed E-state index contributed by atoms with van der Waals surface area (Å²) in [7, 11) is 0. The molecule has 4 nitrogen and oxygen atoms in total. The first-order valence-electron chi connectivity index (χ1n) is 7.05. The summed E-state index contributed by atoms with van der Waals surface area (Å²) in [5.74, 6) is -1.70. The molecule has 1 amide bonds. The molecule has 1 saturated heterocycles. The fourth-order valence-electron chi connectivity index (χ4n) is 2.98. The Morgan fingerprint density at radius 3 is 2.60 bits per heavy atom. The van der Waals surface area contributed by atoms with Crippen LogP contribution in [0, 0.1) is 5.82 Å². The molecule has 0 saturated carbocycles. The number of carbonyl (C=O) groups is 2. The van der Waals surface area contributed by atoms with Crippen LogP contribution in [0.3, 0.4) is 0 Å². The predicted octanol–water partition coefficient (Wildman–Crippen LogP) is 1.84. The van der Waals surface area contributed by atoms with E-state index >= 15 is 0 Å². The Labute approximate surface area is 117 Å². The lowest BCUT2D eigenvalue weighted by Gasteiger charge is -2.19. The van der Waals surface area contributed by atoms with Gasteiger partial charge in [-0.05, 0) is 51.0 Å². The summed E-state index contributed by atoms with van der Waals surface area (Å²) in [6.07, 6.45) is 3.20. The van der Waals surface area contributed by atoms with Crippen molar-refractivity contribution >= 4 is 17.4 Å². The molecule has 0 bridgehead atoms. The van der Waals surface area contributed by atoms with Crippen molar-refractivity contribution < 1.29 is 14.0 Å². The lowest BCUT2D eigenvalue weighted by Crippen LogP contribution is -2.33. The van der Waals surface area contributed by atoms with E-state index in [4.69, 9.17) is 0 Å². The summed E-state index contributed by atoms with van der Waals surface area (Å²) in [5, 5.41) is 0. The number of ketones is 1. The molecular formula is C15H17FN2O2. The van der Waals surface area contributed by atoms with Crippen LogP contribution in [0.4, 0.5) is 10.1 Å². The van der Waals surface area contributed by atoms with Crippen LogP contribution in [0.1, 0.15) is 29.6 Å². The molecule has 0 aliphatic carbocycles. The highest BCUT2D eigenvalue weighted by Crippen LogP contribution is 2.31. The second kappa shape index (κ2) is 5.32. The molecule has 0 spiro atoms. The maximum absolute atomic E-state index is 13.9. The van der Waals surface area contributed by atoms with E-state index in [1.165, 1.54) is 35.9 Å². The van der Waals surface area contributed by atoms with Crippen LogP contribution in [0.15, 0.2) is 18.2 Å². The van der Waals surface area contributed by atoms with Crippen LogP contribution in [0.5, 0.6) is 0 Å². The fraction of sp³-hybridized carbons (Fsp3) is 0.467. The largest absolute Gasteiger partial charge is 0.303 e. The van der Waals surface area contributed by atoms with E-state index in [-0.39, 0.29) is 11.3 Å². The summed E-state index contributed by atoms with van der Waals surface area (Å²) in [6, 6.07) is 4.27. The van der Waals surface area contributed by atoms with E-state index in [1.807, 2.05) is 0 Å². The standard InChI is InChI=1S/C15H17FN2O2/c16-12-6-3-5-11-13(12)18(15(20)14(11)19)10-4-9-17-7-1-2-8-17/h3,5-6H,1-2,4,7-10H2. The molecule has 0 radical (unpaired) electrons. The van der Waals surface area contributed by atoms with Crippen LogP contribution in [-0.2, 0) is 4.79 Å². The van der Waals surface area contributed by atoms with Gasteiger partial charge in [0.15, 0.2) is 0 Å². The van der Waals surface area contributed by atoms with Crippen LogP contribution in [0.25, 0.3) is 0 Å². The normalized spacial score (nSPS) is 18.9. The SMILES string of the molecule is O=C1C(=O)N(CCCN2CCCC2)c2c(F)cccc21. The average molecular weight is 276 g/mol. The highest BCUT2D eigenvalue weighted by Gasteiger charge is 2.37. The number of nitrogens with zero attached hydrogens (tertiary/aromatic N) is 2.